The van der Waals surface area contributed by atoms with E-state index in [1.807, 2.05) is 13.8 Å². The average Bonchev–Trinajstić information content (AvgIpc) is 2.16. The van der Waals surface area contributed by atoms with Crippen molar-refractivity contribution in [1.82, 2.24) is 0 Å². The maximum Gasteiger partial charge on any atom is 0.153 e. The van der Waals surface area contributed by atoms with Crippen LogP contribution in [0, 0.1) is 11.8 Å². The minimum atomic E-state index is -0.354. The molecule has 0 aromatic rings. The Hall–Kier alpha value is -0.700. The van der Waals surface area contributed by atoms with Gasteiger partial charge in [0.1, 0.15) is 5.78 Å². The van der Waals surface area contributed by atoms with Gasteiger partial charge in [0.15, 0.2) is 5.78 Å². The molecule has 0 spiro atoms. The standard InChI is InChI=1S/C11H19NO2/c1-3-8-7(2)11(14)9(12)5-4-6-10(8)13/h7-9H,3-6,12H2,1-2H3. The molecule has 0 amide bonds. The maximum atomic E-state index is 11.7. The van der Waals surface area contributed by atoms with Crippen LogP contribution in [0.4, 0.5) is 0 Å². The number of nitrogens with two attached hydrogens (primary N) is 1. The van der Waals surface area contributed by atoms with Gasteiger partial charge in [-0.05, 0) is 19.3 Å². The number of hydrogen-bond donors (Lipinski definition) is 1. The highest BCUT2D eigenvalue weighted by Gasteiger charge is 2.32. The van der Waals surface area contributed by atoms with Crippen molar-refractivity contribution in [1.29, 1.82) is 0 Å². The normalized spacial score (nSPS) is 35.2. The number of ketones is 2. The van der Waals surface area contributed by atoms with Crippen molar-refractivity contribution >= 4 is 11.6 Å². The van der Waals surface area contributed by atoms with E-state index in [4.69, 9.17) is 5.73 Å². The molecule has 0 saturated heterocycles. The lowest BCUT2D eigenvalue weighted by atomic mass is 9.78. The van der Waals surface area contributed by atoms with Crippen LogP contribution in [0.2, 0.25) is 0 Å². The molecule has 2 N–H and O–H groups in total. The zero-order valence-electron chi connectivity index (χ0n) is 8.95. The fraction of sp³-hybridized carbons (Fsp3) is 0.818. The van der Waals surface area contributed by atoms with Gasteiger partial charge in [0.05, 0.1) is 6.04 Å². The Morgan fingerprint density at radius 2 is 2.07 bits per heavy atom. The summed E-state index contributed by atoms with van der Waals surface area (Å²) in [4.78, 5) is 23.4. The molecule has 0 radical (unpaired) electrons. The second kappa shape index (κ2) is 4.69. The summed E-state index contributed by atoms with van der Waals surface area (Å²) in [5.41, 5.74) is 5.74. The highest BCUT2D eigenvalue weighted by molar-refractivity contribution is 5.92. The smallest absolute Gasteiger partial charge is 0.153 e. The molecule has 3 nitrogen and oxygen atoms in total. The topological polar surface area (TPSA) is 60.2 Å². The lowest BCUT2D eigenvalue weighted by Gasteiger charge is -2.26. The number of carbonyl (C=O) groups excluding carboxylic acids is 2. The van der Waals surface area contributed by atoms with Gasteiger partial charge in [0, 0.05) is 18.3 Å². The quantitative estimate of drug-likeness (QED) is 0.689. The van der Waals surface area contributed by atoms with E-state index in [2.05, 4.69) is 0 Å². The highest BCUT2D eigenvalue weighted by atomic mass is 16.1. The Balaban J connectivity index is 2.81. The summed E-state index contributed by atoms with van der Waals surface area (Å²) in [6.45, 7) is 3.79. The third kappa shape index (κ3) is 2.21. The number of Topliss-reactive ketones (excluding diaryl/α,β-unsaturated/α-hetero) is 2. The predicted octanol–water partition coefficient (Wildman–Crippen LogP) is 1.30. The molecule has 0 aromatic heterocycles. The molecule has 1 saturated carbocycles. The van der Waals surface area contributed by atoms with Crippen LogP contribution in [-0.4, -0.2) is 17.6 Å². The molecule has 0 heterocycles. The van der Waals surface area contributed by atoms with Crippen LogP contribution in [0.1, 0.15) is 39.5 Å². The molecular formula is C11H19NO2. The van der Waals surface area contributed by atoms with Crippen molar-refractivity contribution in [3.8, 4) is 0 Å². The average molecular weight is 197 g/mol. The van der Waals surface area contributed by atoms with Gasteiger partial charge >= 0.3 is 0 Å². The van der Waals surface area contributed by atoms with Gasteiger partial charge in [-0.3, -0.25) is 9.59 Å². The maximum absolute atomic E-state index is 11.7. The van der Waals surface area contributed by atoms with E-state index in [1.54, 1.807) is 0 Å². The van der Waals surface area contributed by atoms with E-state index >= 15 is 0 Å². The summed E-state index contributed by atoms with van der Waals surface area (Å²) in [7, 11) is 0. The van der Waals surface area contributed by atoms with Gasteiger partial charge < -0.3 is 5.73 Å². The molecule has 1 aliphatic carbocycles. The zero-order valence-corrected chi connectivity index (χ0v) is 8.95. The summed E-state index contributed by atoms with van der Waals surface area (Å²) in [6, 6.07) is -0.354. The van der Waals surface area contributed by atoms with Crippen molar-refractivity contribution in [2.45, 2.75) is 45.6 Å². The summed E-state index contributed by atoms with van der Waals surface area (Å²) >= 11 is 0. The van der Waals surface area contributed by atoms with E-state index in [0.717, 1.165) is 12.8 Å². The van der Waals surface area contributed by atoms with E-state index in [0.29, 0.717) is 12.8 Å². The van der Waals surface area contributed by atoms with Gasteiger partial charge in [-0.2, -0.15) is 0 Å². The van der Waals surface area contributed by atoms with Crippen LogP contribution >= 0.6 is 0 Å². The first-order chi connectivity index (χ1) is 6.57. The second-order valence-electron chi connectivity index (χ2n) is 4.17. The first-order valence-corrected chi connectivity index (χ1v) is 5.40. The molecule has 3 atom stereocenters. The van der Waals surface area contributed by atoms with E-state index in [1.165, 1.54) is 0 Å². The van der Waals surface area contributed by atoms with Crippen molar-refractivity contribution in [2.75, 3.05) is 0 Å². The Morgan fingerprint density at radius 1 is 1.43 bits per heavy atom. The Morgan fingerprint density at radius 3 is 2.64 bits per heavy atom. The molecule has 1 rings (SSSR count). The zero-order chi connectivity index (χ0) is 10.7. The second-order valence-corrected chi connectivity index (χ2v) is 4.17. The van der Waals surface area contributed by atoms with Crippen molar-refractivity contribution in [3.05, 3.63) is 0 Å². The van der Waals surface area contributed by atoms with Crippen molar-refractivity contribution < 1.29 is 9.59 Å². The van der Waals surface area contributed by atoms with Crippen LogP contribution < -0.4 is 5.73 Å². The minimum absolute atomic E-state index is 0.0601. The van der Waals surface area contributed by atoms with Gasteiger partial charge in [0.25, 0.3) is 0 Å². The molecule has 0 aromatic carbocycles. The largest absolute Gasteiger partial charge is 0.321 e. The number of carbonyl (C=O) groups is 2. The summed E-state index contributed by atoms with van der Waals surface area (Å²) < 4.78 is 0. The third-order valence-electron chi connectivity index (χ3n) is 3.21. The van der Waals surface area contributed by atoms with Crippen molar-refractivity contribution in [3.63, 3.8) is 0 Å². The molecular weight excluding hydrogens is 178 g/mol. The van der Waals surface area contributed by atoms with Crippen LogP contribution in [0.3, 0.4) is 0 Å². The van der Waals surface area contributed by atoms with Gasteiger partial charge in [0.2, 0.25) is 0 Å². The SMILES string of the molecule is CCC1C(=O)CCCC(N)C(=O)C1C. The predicted molar refractivity (Wildman–Crippen MR) is 54.8 cm³/mol. The van der Waals surface area contributed by atoms with Gasteiger partial charge in [-0.25, -0.2) is 0 Å². The minimum Gasteiger partial charge on any atom is -0.321 e. The summed E-state index contributed by atoms with van der Waals surface area (Å²) in [5, 5.41) is 0. The molecule has 3 unspecified atom stereocenters. The Kier molecular flexibility index (Phi) is 3.81. The first kappa shape index (κ1) is 11.4. The first-order valence-electron chi connectivity index (χ1n) is 5.40. The fourth-order valence-corrected chi connectivity index (χ4v) is 2.22. The summed E-state index contributed by atoms with van der Waals surface area (Å²) in [6.07, 6.45) is 2.75. The molecule has 1 aliphatic rings. The molecule has 0 bridgehead atoms. The molecule has 3 heteroatoms. The van der Waals surface area contributed by atoms with Crippen LogP contribution in [0.15, 0.2) is 0 Å². The van der Waals surface area contributed by atoms with E-state index in [-0.39, 0.29) is 29.4 Å². The van der Waals surface area contributed by atoms with Crippen LogP contribution in [0.25, 0.3) is 0 Å². The lowest BCUT2D eigenvalue weighted by molar-refractivity contribution is -0.134. The van der Waals surface area contributed by atoms with E-state index in [9.17, 15) is 9.59 Å². The monoisotopic (exact) mass is 197 g/mol. The van der Waals surface area contributed by atoms with Gasteiger partial charge in [-0.15, -0.1) is 0 Å². The summed E-state index contributed by atoms with van der Waals surface area (Å²) in [5.74, 6) is 0.00167. The van der Waals surface area contributed by atoms with E-state index < -0.39 is 0 Å². The Labute approximate surface area is 85.0 Å². The lowest BCUT2D eigenvalue weighted by Crippen LogP contribution is -2.41. The van der Waals surface area contributed by atoms with Crippen molar-refractivity contribution in [2.24, 2.45) is 17.6 Å². The number of hydrogen-bond acceptors (Lipinski definition) is 3. The Bertz CT molecular complexity index is 237. The van der Waals surface area contributed by atoms with Crippen LogP contribution in [0.5, 0.6) is 0 Å². The van der Waals surface area contributed by atoms with Crippen LogP contribution in [-0.2, 0) is 9.59 Å². The molecule has 0 aliphatic heterocycles. The molecule has 1 fully saturated rings. The third-order valence-corrected chi connectivity index (χ3v) is 3.21. The highest BCUT2D eigenvalue weighted by Crippen LogP contribution is 2.24. The molecule has 80 valence electrons. The fourth-order valence-electron chi connectivity index (χ4n) is 2.22. The number of rotatable bonds is 1. The molecule has 14 heavy (non-hydrogen) atoms. The van der Waals surface area contributed by atoms with Gasteiger partial charge in [-0.1, -0.05) is 13.8 Å².